The van der Waals surface area contributed by atoms with E-state index in [9.17, 15) is 4.79 Å². The van der Waals surface area contributed by atoms with E-state index in [1.54, 1.807) is 6.07 Å². The number of nitrogens with one attached hydrogen (secondary N) is 1. The minimum absolute atomic E-state index is 0.0191. The average Bonchev–Trinajstić information content (AvgIpc) is 2.72. The van der Waals surface area contributed by atoms with Gasteiger partial charge in [-0.2, -0.15) is 0 Å². The number of rotatable bonds is 6. The summed E-state index contributed by atoms with van der Waals surface area (Å²) in [7, 11) is 0. The zero-order valence-corrected chi connectivity index (χ0v) is 18.8. The largest absolute Gasteiger partial charge is 0.338 e. The first-order chi connectivity index (χ1) is 14.0. The van der Waals surface area contributed by atoms with Crippen LogP contribution in [0.5, 0.6) is 0 Å². The number of hydrogen-bond acceptors (Lipinski definition) is 2. The summed E-state index contributed by atoms with van der Waals surface area (Å²) in [5, 5.41) is 4.95. The van der Waals surface area contributed by atoms with Gasteiger partial charge in [0.2, 0.25) is 0 Å². The molecule has 1 atom stereocenters. The van der Waals surface area contributed by atoms with Crippen LogP contribution in [0.25, 0.3) is 0 Å². The van der Waals surface area contributed by atoms with Crippen molar-refractivity contribution in [3.63, 3.8) is 0 Å². The van der Waals surface area contributed by atoms with Gasteiger partial charge in [0.25, 0.3) is 0 Å². The van der Waals surface area contributed by atoms with Crippen LogP contribution in [-0.2, 0) is 0 Å². The zero-order chi connectivity index (χ0) is 20.8. The number of urea groups is 1. The standard InChI is InChI=1S/C22H26Cl3N3O/c1-2-3-10-26-22(29)28-13-11-27(12-14-28)21(16-4-6-17(23)7-5-16)19-9-8-18(24)15-20(19)25/h4-9,15,21H,2-3,10-14H2,1H3,(H,26,29). The van der Waals surface area contributed by atoms with Crippen molar-refractivity contribution >= 4 is 40.8 Å². The van der Waals surface area contributed by atoms with E-state index < -0.39 is 0 Å². The van der Waals surface area contributed by atoms with E-state index in [-0.39, 0.29) is 12.1 Å². The van der Waals surface area contributed by atoms with Gasteiger partial charge in [-0.05, 0) is 41.8 Å². The molecule has 0 aliphatic carbocycles. The third kappa shape index (κ3) is 5.79. The molecule has 1 heterocycles. The van der Waals surface area contributed by atoms with Crippen LogP contribution in [0.2, 0.25) is 15.1 Å². The van der Waals surface area contributed by atoms with E-state index in [0.29, 0.717) is 28.2 Å². The summed E-state index contributed by atoms with van der Waals surface area (Å²) in [6.07, 6.45) is 2.07. The fourth-order valence-electron chi connectivity index (χ4n) is 3.62. The Kier molecular flexibility index (Phi) is 8.07. The molecule has 1 N–H and O–H groups in total. The van der Waals surface area contributed by atoms with Crippen molar-refractivity contribution in [1.82, 2.24) is 15.1 Å². The molecule has 1 unspecified atom stereocenters. The highest BCUT2D eigenvalue weighted by molar-refractivity contribution is 6.35. The third-order valence-electron chi connectivity index (χ3n) is 5.22. The molecule has 0 saturated carbocycles. The molecule has 2 amide bonds. The quantitative estimate of drug-likeness (QED) is 0.555. The highest BCUT2D eigenvalue weighted by Gasteiger charge is 2.29. The minimum Gasteiger partial charge on any atom is -0.338 e. The number of benzene rings is 2. The molecule has 0 bridgehead atoms. The highest BCUT2D eigenvalue weighted by atomic mass is 35.5. The van der Waals surface area contributed by atoms with E-state index in [1.807, 2.05) is 41.3 Å². The van der Waals surface area contributed by atoms with Gasteiger partial charge >= 0.3 is 6.03 Å². The molecular formula is C22H26Cl3N3O. The fourth-order valence-corrected chi connectivity index (χ4v) is 4.26. The number of unbranched alkanes of at least 4 members (excludes halogenated alkanes) is 1. The van der Waals surface area contributed by atoms with E-state index >= 15 is 0 Å². The second-order valence-electron chi connectivity index (χ2n) is 7.23. The Balaban J connectivity index is 1.77. The van der Waals surface area contributed by atoms with Gasteiger partial charge in [-0.3, -0.25) is 4.90 Å². The molecule has 1 aliphatic rings. The predicted octanol–water partition coefficient (Wildman–Crippen LogP) is 5.86. The predicted molar refractivity (Wildman–Crippen MR) is 121 cm³/mol. The molecule has 7 heteroatoms. The summed E-state index contributed by atoms with van der Waals surface area (Å²) in [4.78, 5) is 16.6. The number of amides is 2. The lowest BCUT2D eigenvalue weighted by atomic mass is 9.96. The van der Waals surface area contributed by atoms with Crippen LogP contribution in [0, 0.1) is 0 Å². The molecule has 1 fully saturated rings. The first kappa shape index (κ1) is 22.2. The maximum atomic E-state index is 12.4. The second-order valence-corrected chi connectivity index (χ2v) is 8.51. The Bertz CT molecular complexity index is 821. The van der Waals surface area contributed by atoms with Gasteiger partial charge in [-0.25, -0.2) is 4.79 Å². The van der Waals surface area contributed by atoms with Crippen LogP contribution in [0.4, 0.5) is 4.79 Å². The van der Waals surface area contributed by atoms with Crippen LogP contribution in [0.1, 0.15) is 36.9 Å². The average molecular weight is 455 g/mol. The van der Waals surface area contributed by atoms with Crippen molar-refractivity contribution in [3.05, 3.63) is 68.7 Å². The van der Waals surface area contributed by atoms with E-state index in [1.165, 1.54) is 0 Å². The second kappa shape index (κ2) is 10.5. The molecule has 3 rings (SSSR count). The molecule has 1 saturated heterocycles. The van der Waals surface area contributed by atoms with E-state index in [0.717, 1.165) is 43.6 Å². The Morgan fingerprint density at radius 1 is 1.00 bits per heavy atom. The van der Waals surface area contributed by atoms with Crippen molar-refractivity contribution < 1.29 is 4.79 Å². The number of carbonyl (C=O) groups is 1. The molecule has 2 aromatic carbocycles. The Labute approximate surface area is 187 Å². The molecule has 1 aliphatic heterocycles. The number of hydrogen-bond donors (Lipinski definition) is 1. The summed E-state index contributed by atoms with van der Waals surface area (Å²) < 4.78 is 0. The number of carbonyl (C=O) groups excluding carboxylic acids is 1. The highest BCUT2D eigenvalue weighted by Crippen LogP contribution is 2.35. The van der Waals surface area contributed by atoms with Crippen molar-refractivity contribution in [1.29, 1.82) is 0 Å². The summed E-state index contributed by atoms with van der Waals surface area (Å²) in [5.74, 6) is 0. The first-order valence-electron chi connectivity index (χ1n) is 9.97. The summed E-state index contributed by atoms with van der Waals surface area (Å²) in [6.45, 7) is 5.70. The lowest BCUT2D eigenvalue weighted by Gasteiger charge is -2.40. The Hall–Kier alpha value is -1.46. The minimum atomic E-state index is -0.0256. The molecule has 156 valence electrons. The topological polar surface area (TPSA) is 35.6 Å². The van der Waals surface area contributed by atoms with Crippen molar-refractivity contribution in [3.8, 4) is 0 Å². The molecule has 4 nitrogen and oxygen atoms in total. The summed E-state index contributed by atoms with van der Waals surface area (Å²) >= 11 is 18.8. The lowest BCUT2D eigenvalue weighted by molar-refractivity contribution is 0.120. The molecule has 0 spiro atoms. The maximum absolute atomic E-state index is 12.4. The van der Waals surface area contributed by atoms with Crippen molar-refractivity contribution in [2.75, 3.05) is 32.7 Å². The van der Waals surface area contributed by atoms with Gasteiger partial charge in [-0.1, -0.05) is 66.3 Å². The molecule has 0 radical (unpaired) electrons. The third-order valence-corrected chi connectivity index (χ3v) is 6.03. The fraction of sp³-hybridized carbons (Fsp3) is 0.409. The smallest absolute Gasteiger partial charge is 0.317 e. The Morgan fingerprint density at radius 2 is 1.66 bits per heavy atom. The van der Waals surface area contributed by atoms with Crippen LogP contribution in [0.3, 0.4) is 0 Å². The molecule has 0 aromatic heterocycles. The van der Waals surface area contributed by atoms with Crippen molar-refractivity contribution in [2.24, 2.45) is 0 Å². The first-order valence-corrected chi connectivity index (χ1v) is 11.1. The van der Waals surface area contributed by atoms with Gasteiger partial charge in [0, 0.05) is 47.8 Å². The monoisotopic (exact) mass is 453 g/mol. The molecule has 29 heavy (non-hydrogen) atoms. The Morgan fingerprint density at radius 3 is 2.28 bits per heavy atom. The summed E-state index contributed by atoms with van der Waals surface area (Å²) in [6, 6.07) is 13.5. The van der Waals surface area contributed by atoms with Crippen LogP contribution in [0.15, 0.2) is 42.5 Å². The molecular weight excluding hydrogens is 429 g/mol. The maximum Gasteiger partial charge on any atom is 0.317 e. The lowest BCUT2D eigenvalue weighted by Crippen LogP contribution is -2.52. The number of piperazine rings is 1. The van der Waals surface area contributed by atoms with Gasteiger partial charge in [0.15, 0.2) is 0 Å². The van der Waals surface area contributed by atoms with Gasteiger partial charge in [0.1, 0.15) is 0 Å². The SMILES string of the molecule is CCCCNC(=O)N1CCN(C(c2ccc(Cl)cc2)c2ccc(Cl)cc2Cl)CC1. The van der Waals surface area contributed by atoms with Crippen LogP contribution >= 0.6 is 34.8 Å². The zero-order valence-electron chi connectivity index (χ0n) is 16.5. The van der Waals surface area contributed by atoms with E-state index in [4.69, 9.17) is 34.8 Å². The van der Waals surface area contributed by atoms with Crippen molar-refractivity contribution in [2.45, 2.75) is 25.8 Å². The van der Waals surface area contributed by atoms with Crippen LogP contribution in [-0.4, -0.2) is 48.6 Å². The van der Waals surface area contributed by atoms with E-state index in [2.05, 4.69) is 17.1 Å². The summed E-state index contributed by atoms with van der Waals surface area (Å²) in [5.41, 5.74) is 2.11. The van der Waals surface area contributed by atoms with Gasteiger partial charge in [-0.15, -0.1) is 0 Å². The van der Waals surface area contributed by atoms with Crippen LogP contribution < -0.4 is 5.32 Å². The van der Waals surface area contributed by atoms with Gasteiger partial charge < -0.3 is 10.2 Å². The van der Waals surface area contributed by atoms with Gasteiger partial charge in [0.05, 0.1) is 6.04 Å². The number of nitrogens with zero attached hydrogens (tertiary/aromatic N) is 2. The normalized spacial score (nSPS) is 15.9. The number of halogens is 3. The molecule has 2 aromatic rings.